The molecule has 0 radical (unpaired) electrons. The molecule has 0 aromatic heterocycles. The van der Waals surface area contributed by atoms with Gasteiger partial charge in [-0.15, -0.1) is 0 Å². The summed E-state index contributed by atoms with van der Waals surface area (Å²) in [5.41, 5.74) is 16.1. The number of hydrogen-bond acceptors (Lipinski definition) is 9. The van der Waals surface area contributed by atoms with E-state index in [2.05, 4.69) is 31.6 Å². The second kappa shape index (κ2) is 19.8. The number of carboxylic acid groups (broad SMARTS) is 1. The standard InChI is InChI=1S/C28H50N10O8/c1-15(2)11-18(36-26(45)19-8-6-10-38(19)21(40)12-29)25(44)33-13-20(39)37-23(16(3)4)27(46)35-17(7-5-9-32-28(30)31)24(43)34-14-22(41)42/h15-19,23H,5-14,29H2,1-4H3,(H,33,44)(H,34,43)(H,35,46)(H,36,45)(H,37,39)(H,41,42)(H4,30,31,32)/t17-,18-,19-,23-/m0/s1. The Morgan fingerprint density at radius 1 is 0.891 bits per heavy atom. The van der Waals surface area contributed by atoms with Gasteiger partial charge < -0.3 is 53.8 Å². The van der Waals surface area contributed by atoms with Gasteiger partial charge in [0.2, 0.25) is 35.4 Å². The predicted octanol–water partition coefficient (Wildman–Crippen LogP) is -3.54. The van der Waals surface area contributed by atoms with E-state index in [0.29, 0.717) is 19.4 Å². The molecule has 1 heterocycles. The number of guanidine groups is 1. The predicted molar refractivity (Wildman–Crippen MR) is 167 cm³/mol. The molecule has 0 aliphatic carbocycles. The van der Waals surface area contributed by atoms with Crippen molar-refractivity contribution in [3.05, 3.63) is 0 Å². The molecule has 18 nitrogen and oxygen atoms in total. The first-order valence-electron chi connectivity index (χ1n) is 15.3. The molecule has 0 unspecified atom stereocenters. The lowest BCUT2D eigenvalue weighted by Crippen LogP contribution is -2.57. The van der Waals surface area contributed by atoms with Crippen molar-refractivity contribution in [1.82, 2.24) is 31.5 Å². The van der Waals surface area contributed by atoms with Crippen molar-refractivity contribution in [3.63, 3.8) is 0 Å². The first-order chi connectivity index (χ1) is 21.6. The summed E-state index contributed by atoms with van der Waals surface area (Å²) in [7, 11) is 0. The van der Waals surface area contributed by atoms with Crippen LogP contribution in [0.3, 0.4) is 0 Å². The molecule has 0 aromatic carbocycles. The minimum Gasteiger partial charge on any atom is -0.480 e. The molecule has 1 aliphatic heterocycles. The highest BCUT2D eigenvalue weighted by atomic mass is 16.4. The summed E-state index contributed by atoms with van der Waals surface area (Å²) in [5.74, 6) is -5.47. The maximum atomic E-state index is 13.2. The highest BCUT2D eigenvalue weighted by Gasteiger charge is 2.36. The van der Waals surface area contributed by atoms with Crippen LogP contribution in [0, 0.1) is 11.8 Å². The first kappa shape index (κ1) is 39.5. The van der Waals surface area contributed by atoms with Crippen LogP contribution >= 0.6 is 0 Å². The fraction of sp³-hybridized carbons (Fsp3) is 0.714. The Kier molecular flexibility index (Phi) is 17.0. The van der Waals surface area contributed by atoms with Crippen LogP contribution in [0.4, 0.5) is 0 Å². The summed E-state index contributed by atoms with van der Waals surface area (Å²) in [6.07, 6.45) is 1.69. The number of nitrogens with zero attached hydrogens (tertiary/aromatic N) is 2. The summed E-state index contributed by atoms with van der Waals surface area (Å²) >= 11 is 0. The Hall–Kier alpha value is -4.48. The number of amides is 6. The molecule has 4 atom stereocenters. The third kappa shape index (κ3) is 14.1. The van der Waals surface area contributed by atoms with Gasteiger partial charge in [-0.3, -0.25) is 38.6 Å². The smallest absolute Gasteiger partial charge is 0.322 e. The van der Waals surface area contributed by atoms with Gasteiger partial charge >= 0.3 is 5.97 Å². The number of aliphatic carboxylic acids is 1. The SMILES string of the molecule is CC(C)C[C@H](NC(=O)[C@@H]1CCCN1C(=O)CN)C(=O)NCC(=O)N[C@H](C(=O)N[C@@H](CCCN=C(N)N)C(=O)NCC(=O)O)C(C)C. The minimum atomic E-state index is -1.27. The lowest BCUT2D eigenvalue weighted by atomic mass is 10.0. The topological polar surface area (TPSA) is 294 Å². The fourth-order valence-electron chi connectivity index (χ4n) is 4.80. The normalized spacial score (nSPS) is 16.2. The van der Waals surface area contributed by atoms with Gasteiger partial charge in [0.15, 0.2) is 5.96 Å². The van der Waals surface area contributed by atoms with Crippen molar-refractivity contribution in [1.29, 1.82) is 0 Å². The van der Waals surface area contributed by atoms with Gasteiger partial charge in [-0.1, -0.05) is 27.7 Å². The minimum absolute atomic E-state index is 0.00404. The molecule has 1 fully saturated rings. The molecule has 0 spiro atoms. The molecule has 260 valence electrons. The van der Waals surface area contributed by atoms with Gasteiger partial charge in [0.25, 0.3) is 0 Å². The third-order valence-electron chi connectivity index (χ3n) is 7.07. The van der Waals surface area contributed by atoms with Crippen molar-refractivity contribution < 1.29 is 38.7 Å². The van der Waals surface area contributed by atoms with Crippen LogP contribution in [0.25, 0.3) is 0 Å². The molecule has 46 heavy (non-hydrogen) atoms. The van der Waals surface area contributed by atoms with Crippen LogP contribution in [-0.2, 0) is 33.6 Å². The number of carbonyl (C=O) groups excluding carboxylic acids is 6. The molecule has 1 saturated heterocycles. The Bertz CT molecular complexity index is 1130. The van der Waals surface area contributed by atoms with E-state index in [-0.39, 0.29) is 50.1 Å². The van der Waals surface area contributed by atoms with E-state index in [1.807, 2.05) is 13.8 Å². The summed E-state index contributed by atoms with van der Waals surface area (Å²) in [5, 5.41) is 21.4. The van der Waals surface area contributed by atoms with Crippen molar-refractivity contribution in [2.24, 2.45) is 34.0 Å². The van der Waals surface area contributed by atoms with Gasteiger partial charge in [-0.2, -0.15) is 0 Å². The van der Waals surface area contributed by atoms with Crippen LogP contribution in [0.15, 0.2) is 4.99 Å². The molecule has 0 bridgehead atoms. The third-order valence-corrected chi connectivity index (χ3v) is 7.07. The van der Waals surface area contributed by atoms with E-state index in [1.54, 1.807) is 13.8 Å². The zero-order chi connectivity index (χ0) is 35.0. The van der Waals surface area contributed by atoms with Crippen molar-refractivity contribution in [2.45, 2.75) is 84.0 Å². The Morgan fingerprint density at radius 2 is 1.52 bits per heavy atom. The molecule has 1 rings (SSSR count). The molecular weight excluding hydrogens is 604 g/mol. The van der Waals surface area contributed by atoms with Gasteiger partial charge in [0.05, 0.1) is 13.1 Å². The second-order valence-corrected chi connectivity index (χ2v) is 11.8. The van der Waals surface area contributed by atoms with Gasteiger partial charge in [0.1, 0.15) is 30.7 Å². The zero-order valence-electron chi connectivity index (χ0n) is 27.0. The number of aliphatic imine (C=N–C) groups is 1. The van der Waals surface area contributed by atoms with E-state index in [1.165, 1.54) is 4.90 Å². The van der Waals surface area contributed by atoms with Crippen LogP contribution < -0.4 is 43.8 Å². The molecule has 12 N–H and O–H groups in total. The van der Waals surface area contributed by atoms with Crippen molar-refractivity contribution in [3.8, 4) is 0 Å². The second-order valence-electron chi connectivity index (χ2n) is 11.8. The number of carbonyl (C=O) groups is 7. The van der Waals surface area contributed by atoms with E-state index in [0.717, 1.165) is 0 Å². The highest BCUT2D eigenvalue weighted by molar-refractivity contribution is 5.95. The van der Waals surface area contributed by atoms with E-state index in [4.69, 9.17) is 22.3 Å². The molecular formula is C28H50N10O8. The number of hydrogen-bond donors (Lipinski definition) is 9. The van der Waals surface area contributed by atoms with Crippen LogP contribution in [-0.4, -0.2) is 114 Å². The summed E-state index contributed by atoms with van der Waals surface area (Å²) < 4.78 is 0. The van der Waals surface area contributed by atoms with Gasteiger partial charge in [-0.25, -0.2) is 0 Å². The fourth-order valence-corrected chi connectivity index (χ4v) is 4.80. The van der Waals surface area contributed by atoms with Crippen molar-refractivity contribution in [2.75, 3.05) is 32.7 Å². The average Bonchev–Trinajstić information content (AvgIpc) is 3.47. The Labute approximate surface area is 268 Å². The zero-order valence-corrected chi connectivity index (χ0v) is 27.0. The quantitative estimate of drug-likeness (QED) is 0.0373. The van der Waals surface area contributed by atoms with E-state index >= 15 is 0 Å². The van der Waals surface area contributed by atoms with Crippen LogP contribution in [0.1, 0.15) is 59.8 Å². The molecule has 6 amide bonds. The maximum Gasteiger partial charge on any atom is 0.322 e. The van der Waals surface area contributed by atoms with Gasteiger partial charge in [0, 0.05) is 13.1 Å². The summed E-state index contributed by atoms with van der Waals surface area (Å²) in [6, 6.07) is -3.98. The summed E-state index contributed by atoms with van der Waals surface area (Å²) in [6.45, 7) is 6.20. The lowest BCUT2D eigenvalue weighted by Gasteiger charge is -2.27. The average molecular weight is 655 g/mol. The lowest BCUT2D eigenvalue weighted by molar-refractivity contribution is -0.139. The number of carboxylic acids is 1. The number of nitrogens with two attached hydrogens (primary N) is 3. The largest absolute Gasteiger partial charge is 0.480 e. The Balaban J connectivity index is 2.87. The van der Waals surface area contributed by atoms with E-state index in [9.17, 15) is 33.6 Å². The first-order valence-corrected chi connectivity index (χ1v) is 15.3. The highest BCUT2D eigenvalue weighted by Crippen LogP contribution is 2.18. The van der Waals surface area contributed by atoms with E-state index < -0.39 is 78.7 Å². The molecule has 18 heteroatoms. The molecule has 1 aliphatic rings. The van der Waals surface area contributed by atoms with Crippen molar-refractivity contribution >= 4 is 47.4 Å². The number of likely N-dealkylation sites (tertiary alicyclic amines) is 1. The van der Waals surface area contributed by atoms with Crippen LogP contribution in [0.5, 0.6) is 0 Å². The number of rotatable bonds is 19. The van der Waals surface area contributed by atoms with Crippen LogP contribution in [0.2, 0.25) is 0 Å². The Morgan fingerprint density at radius 3 is 2.09 bits per heavy atom. The number of nitrogens with one attached hydrogen (secondary N) is 5. The molecule has 0 saturated carbocycles. The maximum absolute atomic E-state index is 13.2. The molecule has 0 aromatic rings. The monoisotopic (exact) mass is 654 g/mol. The van der Waals surface area contributed by atoms with Gasteiger partial charge in [-0.05, 0) is 43.9 Å². The summed E-state index contributed by atoms with van der Waals surface area (Å²) in [4.78, 5) is 92.9.